The van der Waals surface area contributed by atoms with E-state index in [9.17, 15) is 4.79 Å². The number of carbonyl (C=O) groups excluding carboxylic acids is 1. The predicted octanol–water partition coefficient (Wildman–Crippen LogP) is 3.90. The molecule has 0 saturated heterocycles. The van der Waals surface area contributed by atoms with Gasteiger partial charge in [-0.15, -0.1) is 11.3 Å². The Morgan fingerprint density at radius 1 is 1.50 bits per heavy atom. The van der Waals surface area contributed by atoms with Crippen LogP contribution in [0.3, 0.4) is 0 Å². The van der Waals surface area contributed by atoms with E-state index >= 15 is 0 Å². The summed E-state index contributed by atoms with van der Waals surface area (Å²) in [6.45, 7) is 9.46. The van der Waals surface area contributed by atoms with Gasteiger partial charge in [0.25, 0.3) is 0 Å². The van der Waals surface area contributed by atoms with Gasteiger partial charge in [-0.2, -0.15) is 0 Å². The van der Waals surface area contributed by atoms with E-state index in [-0.39, 0.29) is 12.1 Å². The molecule has 0 fully saturated rings. The van der Waals surface area contributed by atoms with Gasteiger partial charge in [0.2, 0.25) is 0 Å². The van der Waals surface area contributed by atoms with Crippen LogP contribution in [0.4, 0.5) is 0 Å². The first-order valence-corrected chi connectivity index (χ1v) is 5.93. The van der Waals surface area contributed by atoms with Gasteiger partial charge in [0, 0.05) is 4.88 Å². The van der Waals surface area contributed by atoms with Crippen molar-refractivity contribution in [2.24, 2.45) is 0 Å². The van der Waals surface area contributed by atoms with Crippen LogP contribution in [0.5, 0.6) is 0 Å². The fraction of sp³-hybridized carbons (Fsp3) is 0.308. The first kappa shape index (κ1) is 12.7. The van der Waals surface area contributed by atoms with E-state index in [4.69, 9.17) is 4.74 Å². The molecule has 1 rings (SSSR count). The van der Waals surface area contributed by atoms with Crippen molar-refractivity contribution in [3.63, 3.8) is 0 Å². The standard InChI is InChI=1S/C13H16O2S/c1-5-11-6-7-12(16-11)13(14)15-10(4)8-9(2)3/h5-8,10H,1H2,2-4H3. The van der Waals surface area contributed by atoms with E-state index in [0.717, 1.165) is 10.5 Å². The lowest BCUT2D eigenvalue weighted by Crippen LogP contribution is -2.11. The Kier molecular flexibility index (Phi) is 4.50. The molecule has 0 radical (unpaired) electrons. The number of hydrogen-bond acceptors (Lipinski definition) is 3. The molecule has 0 saturated carbocycles. The van der Waals surface area contributed by atoms with Gasteiger partial charge < -0.3 is 4.74 Å². The average molecular weight is 236 g/mol. The first-order valence-electron chi connectivity index (χ1n) is 5.11. The second kappa shape index (κ2) is 5.66. The topological polar surface area (TPSA) is 26.3 Å². The Hall–Kier alpha value is -1.35. The predicted molar refractivity (Wildman–Crippen MR) is 68.7 cm³/mol. The maximum absolute atomic E-state index is 11.7. The second-order valence-corrected chi connectivity index (χ2v) is 4.88. The van der Waals surface area contributed by atoms with Gasteiger partial charge >= 0.3 is 5.97 Å². The molecule has 1 heterocycles. The van der Waals surface area contributed by atoms with E-state index in [1.54, 1.807) is 12.1 Å². The van der Waals surface area contributed by atoms with Crippen LogP contribution in [0.1, 0.15) is 35.3 Å². The third-order valence-corrected chi connectivity index (χ3v) is 2.95. The molecular weight excluding hydrogens is 220 g/mol. The van der Waals surface area contributed by atoms with Crippen molar-refractivity contribution in [3.05, 3.63) is 40.1 Å². The molecule has 16 heavy (non-hydrogen) atoms. The zero-order valence-electron chi connectivity index (χ0n) is 9.82. The van der Waals surface area contributed by atoms with E-state index in [1.165, 1.54) is 11.3 Å². The van der Waals surface area contributed by atoms with Crippen LogP contribution in [0.15, 0.2) is 30.4 Å². The maximum atomic E-state index is 11.7. The smallest absolute Gasteiger partial charge is 0.348 e. The van der Waals surface area contributed by atoms with Crippen LogP contribution in [-0.4, -0.2) is 12.1 Å². The largest absolute Gasteiger partial charge is 0.454 e. The second-order valence-electron chi connectivity index (χ2n) is 3.76. The third kappa shape index (κ3) is 3.66. The molecule has 1 unspecified atom stereocenters. The lowest BCUT2D eigenvalue weighted by molar-refractivity contribution is 0.0429. The molecule has 1 atom stereocenters. The Balaban J connectivity index is 2.65. The van der Waals surface area contributed by atoms with E-state index in [0.29, 0.717) is 4.88 Å². The van der Waals surface area contributed by atoms with E-state index in [2.05, 4.69) is 6.58 Å². The van der Waals surface area contributed by atoms with Gasteiger partial charge in [0.15, 0.2) is 0 Å². The molecule has 0 aliphatic heterocycles. The molecule has 0 aromatic carbocycles. The molecule has 0 N–H and O–H groups in total. The number of allylic oxidation sites excluding steroid dienone is 1. The molecule has 0 bridgehead atoms. The minimum atomic E-state index is -0.275. The summed E-state index contributed by atoms with van der Waals surface area (Å²) in [4.78, 5) is 13.3. The molecule has 1 aromatic rings. The normalized spacial score (nSPS) is 11.7. The van der Waals surface area contributed by atoms with Crippen LogP contribution in [0, 0.1) is 0 Å². The molecule has 2 nitrogen and oxygen atoms in total. The van der Waals surface area contributed by atoms with Crippen molar-refractivity contribution in [2.75, 3.05) is 0 Å². The minimum Gasteiger partial charge on any atom is -0.454 e. The molecule has 3 heteroatoms. The van der Waals surface area contributed by atoms with Gasteiger partial charge in [0.05, 0.1) is 0 Å². The molecule has 0 spiro atoms. The van der Waals surface area contributed by atoms with Crippen LogP contribution < -0.4 is 0 Å². The highest BCUT2D eigenvalue weighted by atomic mass is 32.1. The fourth-order valence-electron chi connectivity index (χ4n) is 1.30. The summed E-state index contributed by atoms with van der Waals surface area (Å²) in [6, 6.07) is 3.62. The number of carbonyl (C=O) groups is 1. The summed E-state index contributed by atoms with van der Waals surface area (Å²) in [6.07, 6.45) is 3.45. The van der Waals surface area contributed by atoms with Crippen LogP contribution >= 0.6 is 11.3 Å². The van der Waals surface area contributed by atoms with Crippen LogP contribution in [-0.2, 0) is 4.74 Å². The average Bonchev–Trinajstić information content (AvgIpc) is 2.64. The zero-order valence-corrected chi connectivity index (χ0v) is 10.6. The summed E-state index contributed by atoms with van der Waals surface area (Å²) >= 11 is 1.39. The maximum Gasteiger partial charge on any atom is 0.348 e. The van der Waals surface area contributed by atoms with Crippen molar-refractivity contribution in [3.8, 4) is 0 Å². The minimum absolute atomic E-state index is 0.188. The van der Waals surface area contributed by atoms with Crippen molar-refractivity contribution in [1.29, 1.82) is 0 Å². The number of hydrogen-bond donors (Lipinski definition) is 0. The fourth-order valence-corrected chi connectivity index (χ4v) is 2.04. The molecule has 86 valence electrons. The van der Waals surface area contributed by atoms with Gasteiger partial charge in [-0.05, 0) is 39.0 Å². The highest BCUT2D eigenvalue weighted by Gasteiger charge is 2.12. The Morgan fingerprint density at radius 3 is 2.69 bits per heavy atom. The van der Waals surface area contributed by atoms with Crippen molar-refractivity contribution in [1.82, 2.24) is 0 Å². The highest BCUT2D eigenvalue weighted by molar-refractivity contribution is 7.14. The lowest BCUT2D eigenvalue weighted by Gasteiger charge is -2.08. The van der Waals surface area contributed by atoms with Crippen molar-refractivity contribution in [2.45, 2.75) is 26.9 Å². The first-order chi connectivity index (χ1) is 7.52. The third-order valence-electron chi connectivity index (χ3n) is 1.89. The van der Waals surface area contributed by atoms with Crippen molar-refractivity contribution >= 4 is 23.4 Å². The molecule has 0 aliphatic rings. The Bertz CT molecular complexity index is 411. The lowest BCUT2D eigenvalue weighted by atomic mass is 10.2. The number of esters is 1. The monoisotopic (exact) mass is 236 g/mol. The number of ether oxygens (including phenoxy) is 1. The van der Waals surface area contributed by atoms with E-state index < -0.39 is 0 Å². The van der Waals surface area contributed by atoms with Crippen LogP contribution in [0.25, 0.3) is 6.08 Å². The van der Waals surface area contributed by atoms with Crippen molar-refractivity contribution < 1.29 is 9.53 Å². The Morgan fingerprint density at radius 2 is 2.19 bits per heavy atom. The van der Waals surface area contributed by atoms with Gasteiger partial charge in [-0.25, -0.2) is 4.79 Å². The van der Waals surface area contributed by atoms with Crippen LogP contribution in [0.2, 0.25) is 0 Å². The molecule has 0 aliphatic carbocycles. The summed E-state index contributed by atoms with van der Waals surface area (Å²) in [7, 11) is 0. The summed E-state index contributed by atoms with van der Waals surface area (Å²) < 4.78 is 5.27. The zero-order chi connectivity index (χ0) is 12.1. The van der Waals surface area contributed by atoms with Gasteiger partial charge in [0.1, 0.15) is 11.0 Å². The SMILES string of the molecule is C=Cc1ccc(C(=O)OC(C)C=C(C)C)s1. The quantitative estimate of drug-likeness (QED) is 0.585. The summed E-state index contributed by atoms with van der Waals surface area (Å²) in [5, 5.41) is 0. The summed E-state index contributed by atoms with van der Waals surface area (Å²) in [5.74, 6) is -0.275. The number of thiophene rings is 1. The molecular formula is C13H16O2S. The molecule has 1 aromatic heterocycles. The van der Waals surface area contributed by atoms with Gasteiger partial charge in [-0.3, -0.25) is 0 Å². The summed E-state index contributed by atoms with van der Waals surface area (Å²) in [5.41, 5.74) is 1.14. The Labute approximate surface area is 100 Å². The highest BCUT2D eigenvalue weighted by Crippen LogP contribution is 2.19. The number of rotatable bonds is 4. The van der Waals surface area contributed by atoms with Gasteiger partial charge in [-0.1, -0.05) is 18.2 Å². The molecule has 0 amide bonds. The van der Waals surface area contributed by atoms with E-state index in [1.807, 2.05) is 32.9 Å².